The molecule has 13 heavy (non-hydrogen) atoms. The second kappa shape index (κ2) is 6.61. The molecule has 0 aliphatic carbocycles. The van der Waals surface area contributed by atoms with Crippen molar-refractivity contribution in [2.75, 3.05) is 7.11 Å². The molecule has 2 heteroatoms. The number of aryl methyl sites for hydroxylation is 1. The molecule has 0 aliphatic heterocycles. The maximum Gasteiger partial charge on any atom is 0.0965 e. The molecule has 2 nitrogen and oxygen atoms in total. The van der Waals surface area contributed by atoms with Crippen LogP contribution in [0.3, 0.4) is 0 Å². The van der Waals surface area contributed by atoms with Crippen molar-refractivity contribution in [2.24, 2.45) is 0 Å². The number of hydrogen-bond acceptors (Lipinski definition) is 2. The van der Waals surface area contributed by atoms with E-state index >= 15 is 0 Å². The van der Waals surface area contributed by atoms with Gasteiger partial charge in [0.15, 0.2) is 0 Å². The first-order valence-corrected chi connectivity index (χ1v) is 4.70. The van der Waals surface area contributed by atoms with Crippen LogP contribution < -0.4 is 0 Å². The molecule has 0 amide bonds. The summed E-state index contributed by atoms with van der Waals surface area (Å²) in [6, 6.07) is 3.97. The Bertz CT molecular complexity index is 235. The van der Waals surface area contributed by atoms with Crippen LogP contribution in [-0.2, 0) is 4.74 Å². The van der Waals surface area contributed by atoms with Crippen LogP contribution in [0, 0.1) is 6.92 Å². The van der Waals surface area contributed by atoms with E-state index in [-0.39, 0.29) is 6.10 Å². The van der Waals surface area contributed by atoms with E-state index in [1.165, 1.54) is 5.56 Å². The Morgan fingerprint density at radius 1 is 1.38 bits per heavy atom. The van der Waals surface area contributed by atoms with Gasteiger partial charge in [-0.3, -0.25) is 4.98 Å². The summed E-state index contributed by atoms with van der Waals surface area (Å²) in [6.45, 7) is 8.03. The van der Waals surface area contributed by atoms with Crippen LogP contribution in [0.1, 0.15) is 38.1 Å². The number of ether oxygens (including phenoxy) is 1. The first-order chi connectivity index (χ1) is 6.25. The minimum atomic E-state index is 0.0937. The van der Waals surface area contributed by atoms with E-state index in [9.17, 15) is 0 Å². The molecular weight excluding hydrogens is 162 g/mol. The van der Waals surface area contributed by atoms with Gasteiger partial charge in [0.25, 0.3) is 0 Å². The molecule has 0 bridgehead atoms. The summed E-state index contributed by atoms with van der Waals surface area (Å²) < 4.78 is 5.15. The molecule has 0 spiro atoms. The fourth-order valence-electron chi connectivity index (χ4n) is 1.04. The number of nitrogens with zero attached hydrogens (tertiary/aromatic N) is 1. The quantitative estimate of drug-likeness (QED) is 0.699. The third kappa shape index (κ3) is 3.55. The van der Waals surface area contributed by atoms with Crippen LogP contribution in [-0.4, -0.2) is 12.1 Å². The maximum atomic E-state index is 5.15. The molecule has 0 aliphatic rings. The van der Waals surface area contributed by atoms with Gasteiger partial charge in [0.1, 0.15) is 0 Å². The lowest BCUT2D eigenvalue weighted by atomic mass is 10.1. The third-order valence-electron chi connectivity index (χ3n) is 1.79. The van der Waals surface area contributed by atoms with Gasteiger partial charge in [-0.2, -0.15) is 0 Å². The number of hydrogen-bond donors (Lipinski definition) is 0. The number of pyridine rings is 1. The van der Waals surface area contributed by atoms with Crippen LogP contribution in [0.25, 0.3) is 0 Å². The smallest absolute Gasteiger partial charge is 0.0965 e. The van der Waals surface area contributed by atoms with Crippen LogP contribution in [0.5, 0.6) is 0 Å². The van der Waals surface area contributed by atoms with Gasteiger partial charge in [0.2, 0.25) is 0 Å². The molecule has 0 saturated carbocycles. The first-order valence-electron chi connectivity index (χ1n) is 4.70. The van der Waals surface area contributed by atoms with Crippen molar-refractivity contribution in [1.82, 2.24) is 4.98 Å². The van der Waals surface area contributed by atoms with E-state index in [1.54, 1.807) is 13.3 Å². The zero-order chi connectivity index (χ0) is 10.3. The number of aromatic nitrogens is 1. The average Bonchev–Trinajstić information content (AvgIpc) is 2.20. The van der Waals surface area contributed by atoms with Gasteiger partial charge in [-0.05, 0) is 25.5 Å². The van der Waals surface area contributed by atoms with Crippen molar-refractivity contribution in [1.29, 1.82) is 0 Å². The van der Waals surface area contributed by atoms with Crippen LogP contribution >= 0.6 is 0 Å². The minimum absolute atomic E-state index is 0.0937. The molecule has 0 aromatic carbocycles. The first kappa shape index (κ1) is 12.1. The Morgan fingerprint density at radius 2 is 2.00 bits per heavy atom. The van der Waals surface area contributed by atoms with E-state index < -0.39 is 0 Å². The van der Waals surface area contributed by atoms with E-state index in [4.69, 9.17) is 4.74 Å². The van der Waals surface area contributed by atoms with Gasteiger partial charge >= 0.3 is 0 Å². The molecule has 1 unspecified atom stereocenters. The van der Waals surface area contributed by atoms with Gasteiger partial charge in [-0.25, -0.2) is 0 Å². The lowest BCUT2D eigenvalue weighted by molar-refractivity contribution is 0.115. The molecule has 1 rings (SSSR count). The number of rotatable bonds is 2. The lowest BCUT2D eigenvalue weighted by Gasteiger charge is -2.10. The third-order valence-corrected chi connectivity index (χ3v) is 1.79. The van der Waals surface area contributed by atoms with Crippen molar-refractivity contribution in [3.05, 3.63) is 29.6 Å². The molecule has 1 aromatic rings. The Balaban J connectivity index is 0.000000671. The van der Waals surface area contributed by atoms with Crippen molar-refractivity contribution in [3.8, 4) is 0 Å². The Morgan fingerprint density at radius 3 is 2.46 bits per heavy atom. The van der Waals surface area contributed by atoms with E-state index in [0.29, 0.717) is 0 Å². The Kier molecular flexibility index (Phi) is 6.15. The topological polar surface area (TPSA) is 22.1 Å². The minimum Gasteiger partial charge on any atom is -0.375 e. The highest BCUT2D eigenvalue weighted by Crippen LogP contribution is 2.15. The van der Waals surface area contributed by atoms with E-state index in [0.717, 1.165) is 5.69 Å². The predicted octanol–water partition coefficient (Wildman–Crippen LogP) is 3.12. The standard InChI is InChI=1S/C9H13NO.C2H6/c1-7-5-4-6-10-9(7)8(2)11-3;1-2/h4-6,8H,1-3H3;1-2H3. The lowest BCUT2D eigenvalue weighted by Crippen LogP contribution is -2.00. The number of methoxy groups -OCH3 is 1. The molecule has 1 heterocycles. The van der Waals surface area contributed by atoms with Gasteiger partial charge in [-0.15, -0.1) is 0 Å². The van der Waals surface area contributed by atoms with E-state index in [1.807, 2.05) is 39.8 Å². The van der Waals surface area contributed by atoms with Gasteiger partial charge in [0, 0.05) is 13.3 Å². The molecule has 1 aromatic heterocycles. The Labute approximate surface area is 81.0 Å². The zero-order valence-corrected chi connectivity index (χ0v) is 9.16. The molecule has 0 radical (unpaired) electrons. The molecule has 0 fully saturated rings. The molecular formula is C11H19NO. The van der Waals surface area contributed by atoms with E-state index in [2.05, 4.69) is 4.98 Å². The maximum absolute atomic E-state index is 5.15. The molecule has 1 atom stereocenters. The molecule has 0 N–H and O–H groups in total. The SMILES string of the molecule is CC.COC(C)c1ncccc1C. The average molecular weight is 181 g/mol. The van der Waals surface area contributed by atoms with Crippen molar-refractivity contribution < 1.29 is 4.74 Å². The summed E-state index contributed by atoms with van der Waals surface area (Å²) in [4.78, 5) is 4.22. The summed E-state index contributed by atoms with van der Waals surface area (Å²) in [6.07, 6.45) is 1.88. The largest absolute Gasteiger partial charge is 0.375 e. The van der Waals surface area contributed by atoms with Crippen molar-refractivity contribution in [3.63, 3.8) is 0 Å². The summed E-state index contributed by atoms with van der Waals surface area (Å²) in [5.41, 5.74) is 2.21. The van der Waals surface area contributed by atoms with Crippen LogP contribution in [0.2, 0.25) is 0 Å². The van der Waals surface area contributed by atoms with Gasteiger partial charge in [0.05, 0.1) is 11.8 Å². The Hall–Kier alpha value is -0.890. The summed E-state index contributed by atoms with van der Waals surface area (Å²) >= 11 is 0. The van der Waals surface area contributed by atoms with Crippen LogP contribution in [0.4, 0.5) is 0 Å². The summed E-state index contributed by atoms with van der Waals surface area (Å²) in [5, 5.41) is 0. The van der Waals surface area contributed by atoms with Crippen molar-refractivity contribution >= 4 is 0 Å². The monoisotopic (exact) mass is 181 g/mol. The molecule has 0 saturated heterocycles. The fraction of sp³-hybridized carbons (Fsp3) is 0.545. The molecule has 74 valence electrons. The predicted molar refractivity (Wildman–Crippen MR) is 55.7 cm³/mol. The highest BCUT2D eigenvalue weighted by molar-refractivity contribution is 5.19. The summed E-state index contributed by atoms with van der Waals surface area (Å²) in [7, 11) is 1.69. The fourth-order valence-corrected chi connectivity index (χ4v) is 1.04. The van der Waals surface area contributed by atoms with Crippen LogP contribution in [0.15, 0.2) is 18.3 Å². The highest BCUT2D eigenvalue weighted by atomic mass is 16.5. The second-order valence-electron chi connectivity index (χ2n) is 2.58. The van der Waals surface area contributed by atoms with Gasteiger partial charge in [-0.1, -0.05) is 19.9 Å². The van der Waals surface area contributed by atoms with Gasteiger partial charge < -0.3 is 4.74 Å². The summed E-state index contributed by atoms with van der Waals surface area (Å²) in [5.74, 6) is 0. The normalized spacial score (nSPS) is 11.5. The second-order valence-corrected chi connectivity index (χ2v) is 2.58. The highest BCUT2D eigenvalue weighted by Gasteiger charge is 2.06. The zero-order valence-electron chi connectivity index (χ0n) is 9.16. The van der Waals surface area contributed by atoms with Crippen molar-refractivity contribution in [2.45, 2.75) is 33.8 Å².